The Morgan fingerprint density at radius 3 is 2.62 bits per heavy atom. The summed E-state index contributed by atoms with van der Waals surface area (Å²) >= 11 is 0. The van der Waals surface area contributed by atoms with Crippen molar-refractivity contribution in [1.82, 2.24) is 19.9 Å². The molecule has 34 heavy (non-hydrogen) atoms. The third kappa shape index (κ3) is 4.13. The first-order chi connectivity index (χ1) is 16.2. The number of rotatable bonds is 5. The molecule has 3 atom stereocenters. The quantitative estimate of drug-likeness (QED) is 0.580. The molecule has 2 aliphatic rings. The Morgan fingerprint density at radius 1 is 1.12 bits per heavy atom. The maximum absolute atomic E-state index is 14.7. The van der Waals surface area contributed by atoms with E-state index in [-0.39, 0.29) is 6.54 Å². The van der Waals surface area contributed by atoms with Crippen LogP contribution in [-0.4, -0.2) is 62.5 Å². The van der Waals surface area contributed by atoms with Gasteiger partial charge in [-0.15, -0.1) is 0 Å². The summed E-state index contributed by atoms with van der Waals surface area (Å²) in [6.07, 6.45) is 6.07. The van der Waals surface area contributed by atoms with Gasteiger partial charge in [-0.25, -0.2) is 19.3 Å². The number of aromatic nitrogens is 4. The standard InChI is InChI=1S/C25H32FN7O/c1-15(2)18-12-29-23(33-10-6-16(33)3)19-13-28-22(11-17(18)19)30-21-5-8-27-24(31-21)32-9-7-20(34)25(4,26)14-32/h5,8,11-13,15-16,20,34H,6-7,9-10,14H2,1-4H3,(H,27,28,30,31)/t16-,20-,25+/m1/s1. The highest BCUT2D eigenvalue weighted by Gasteiger charge is 2.39. The van der Waals surface area contributed by atoms with E-state index >= 15 is 0 Å². The lowest BCUT2D eigenvalue weighted by Gasteiger charge is -2.40. The Bertz CT molecular complexity index is 1200. The summed E-state index contributed by atoms with van der Waals surface area (Å²) in [6.45, 7) is 9.54. The van der Waals surface area contributed by atoms with Crippen LogP contribution in [0.4, 0.5) is 27.8 Å². The number of nitrogens with zero attached hydrogens (tertiary/aromatic N) is 6. The van der Waals surface area contributed by atoms with Crippen molar-refractivity contribution in [3.8, 4) is 0 Å². The number of halogens is 1. The molecule has 2 fully saturated rings. The molecule has 9 heteroatoms. The zero-order chi connectivity index (χ0) is 24.0. The van der Waals surface area contributed by atoms with Crippen molar-refractivity contribution in [2.45, 2.75) is 64.3 Å². The minimum atomic E-state index is -1.70. The minimum absolute atomic E-state index is 0.0499. The normalized spacial score (nSPS) is 25.0. The Labute approximate surface area is 199 Å². The van der Waals surface area contributed by atoms with Crippen LogP contribution in [0.1, 0.15) is 52.0 Å². The van der Waals surface area contributed by atoms with Crippen molar-refractivity contribution in [3.63, 3.8) is 0 Å². The average molecular weight is 466 g/mol. The SMILES string of the molecule is CC(C)c1cnc(N2CC[C@H]2C)c2cnc(Nc3ccnc(N4CC[C@@H](O)[C@@](C)(F)C4)n3)cc12. The minimum Gasteiger partial charge on any atom is -0.390 e. The fourth-order valence-electron chi connectivity index (χ4n) is 4.74. The van der Waals surface area contributed by atoms with E-state index in [4.69, 9.17) is 4.98 Å². The number of hydrogen-bond donors (Lipinski definition) is 2. The summed E-state index contributed by atoms with van der Waals surface area (Å²) in [5, 5.41) is 15.4. The molecule has 0 spiro atoms. The predicted molar refractivity (Wildman–Crippen MR) is 133 cm³/mol. The smallest absolute Gasteiger partial charge is 0.227 e. The van der Waals surface area contributed by atoms with Crippen LogP contribution in [-0.2, 0) is 0 Å². The molecular formula is C25H32FN7O. The molecule has 2 N–H and O–H groups in total. The van der Waals surface area contributed by atoms with E-state index in [2.05, 4.69) is 52.0 Å². The van der Waals surface area contributed by atoms with Gasteiger partial charge in [0.25, 0.3) is 0 Å². The second kappa shape index (κ2) is 8.61. The van der Waals surface area contributed by atoms with Crippen LogP contribution in [0.3, 0.4) is 0 Å². The van der Waals surface area contributed by atoms with E-state index in [9.17, 15) is 9.50 Å². The van der Waals surface area contributed by atoms with Gasteiger partial charge in [0.2, 0.25) is 5.95 Å². The predicted octanol–water partition coefficient (Wildman–Crippen LogP) is 4.18. The second-order valence-corrected chi connectivity index (χ2v) is 10.0. The van der Waals surface area contributed by atoms with Gasteiger partial charge in [0.15, 0.2) is 5.67 Å². The van der Waals surface area contributed by atoms with Crippen LogP contribution in [0.2, 0.25) is 0 Å². The molecule has 0 radical (unpaired) electrons. The molecule has 0 saturated carbocycles. The topological polar surface area (TPSA) is 90.3 Å². The summed E-state index contributed by atoms with van der Waals surface area (Å²) in [5.41, 5.74) is -0.521. The van der Waals surface area contributed by atoms with Gasteiger partial charge in [0.05, 0.1) is 12.6 Å². The molecule has 180 valence electrons. The zero-order valence-electron chi connectivity index (χ0n) is 20.2. The number of hydrogen-bond acceptors (Lipinski definition) is 8. The number of piperidine rings is 1. The molecule has 5 rings (SSSR count). The van der Waals surface area contributed by atoms with Gasteiger partial charge in [-0.1, -0.05) is 13.8 Å². The number of fused-ring (bicyclic) bond motifs is 1. The van der Waals surface area contributed by atoms with Crippen LogP contribution in [0.15, 0.2) is 30.7 Å². The summed E-state index contributed by atoms with van der Waals surface area (Å²) < 4.78 is 14.7. The van der Waals surface area contributed by atoms with E-state index in [0.717, 1.165) is 23.1 Å². The van der Waals surface area contributed by atoms with Crippen molar-refractivity contribution >= 4 is 34.2 Å². The lowest BCUT2D eigenvalue weighted by molar-refractivity contribution is -0.00860. The van der Waals surface area contributed by atoms with Crippen LogP contribution >= 0.6 is 0 Å². The Hall–Kier alpha value is -3.07. The molecule has 3 aromatic heterocycles. The van der Waals surface area contributed by atoms with Gasteiger partial charge >= 0.3 is 0 Å². The zero-order valence-corrected chi connectivity index (χ0v) is 20.2. The number of anilines is 4. The average Bonchev–Trinajstić information content (AvgIpc) is 2.79. The third-order valence-electron chi connectivity index (χ3n) is 7.04. The largest absolute Gasteiger partial charge is 0.390 e. The number of pyridine rings is 2. The van der Waals surface area contributed by atoms with Gasteiger partial charge in [-0.3, -0.25) is 0 Å². The Balaban J connectivity index is 1.44. The van der Waals surface area contributed by atoms with Crippen LogP contribution in [0.25, 0.3) is 10.8 Å². The van der Waals surface area contributed by atoms with Gasteiger partial charge in [-0.2, -0.15) is 4.98 Å². The first-order valence-corrected chi connectivity index (χ1v) is 12.0. The van der Waals surface area contributed by atoms with Gasteiger partial charge in [0, 0.05) is 43.1 Å². The van der Waals surface area contributed by atoms with Crippen molar-refractivity contribution in [2.75, 3.05) is 34.8 Å². The second-order valence-electron chi connectivity index (χ2n) is 10.0. The van der Waals surface area contributed by atoms with E-state index in [1.807, 2.05) is 12.4 Å². The van der Waals surface area contributed by atoms with Crippen molar-refractivity contribution in [1.29, 1.82) is 0 Å². The summed E-state index contributed by atoms with van der Waals surface area (Å²) in [4.78, 5) is 22.5. The number of aliphatic hydroxyl groups is 1. The van der Waals surface area contributed by atoms with Crippen LogP contribution < -0.4 is 15.1 Å². The number of nitrogens with one attached hydrogen (secondary N) is 1. The molecule has 3 aromatic rings. The number of alkyl halides is 1. The molecule has 5 heterocycles. The molecule has 0 amide bonds. The van der Waals surface area contributed by atoms with Crippen molar-refractivity contribution in [3.05, 3.63) is 36.3 Å². The molecule has 2 aliphatic heterocycles. The number of aliphatic hydroxyl groups excluding tert-OH is 1. The highest BCUT2D eigenvalue weighted by Crippen LogP contribution is 2.36. The monoisotopic (exact) mass is 465 g/mol. The first-order valence-electron chi connectivity index (χ1n) is 12.0. The third-order valence-corrected chi connectivity index (χ3v) is 7.04. The molecular weight excluding hydrogens is 433 g/mol. The summed E-state index contributed by atoms with van der Waals surface area (Å²) in [5.74, 6) is 3.01. The maximum Gasteiger partial charge on any atom is 0.227 e. The van der Waals surface area contributed by atoms with Crippen molar-refractivity contribution in [2.24, 2.45) is 0 Å². The molecule has 2 saturated heterocycles. The maximum atomic E-state index is 14.7. The summed E-state index contributed by atoms with van der Waals surface area (Å²) in [6, 6.07) is 4.31. The molecule has 0 unspecified atom stereocenters. The fraction of sp³-hybridized carbons (Fsp3) is 0.520. The van der Waals surface area contributed by atoms with Gasteiger partial charge < -0.3 is 20.2 Å². The van der Waals surface area contributed by atoms with Crippen LogP contribution in [0.5, 0.6) is 0 Å². The van der Waals surface area contributed by atoms with E-state index in [1.165, 1.54) is 18.9 Å². The molecule has 8 nitrogen and oxygen atoms in total. The Morgan fingerprint density at radius 2 is 1.94 bits per heavy atom. The molecule has 0 aliphatic carbocycles. The first kappa shape index (κ1) is 22.7. The van der Waals surface area contributed by atoms with Crippen molar-refractivity contribution < 1.29 is 9.50 Å². The highest BCUT2D eigenvalue weighted by atomic mass is 19.1. The Kier molecular flexibility index (Phi) is 5.75. The molecule has 0 aromatic carbocycles. The molecule has 0 bridgehead atoms. The lowest BCUT2D eigenvalue weighted by atomic mass is 9.94. The van der Waals surface area contributed by atoms with Gasteiger partial charge in [0.1, 0.15) is 17.5 Å². The van der Waals surface area contributed by atoms with E-state index in [1.54, 1.807) is 17.2 Å². The van der Waals surface area contributed by atoms with Crippen LogP contribution in [0, 0.1) is 0 Å². The lowest BCUT2D eigenvalue weighted by Crippen LogP contribution is -2.52. The van der Waals surface area contributed by atoms with Gasteiger partial charge in [-0.05, 0) is 55.7 Å². The van der Waals surface area contributed by atoms with E-state index in [0.29, 0.717) is 42.5 Å². The summed E-state index contributed by atoms with van der Waals surface area (Å²) in [7, 11) is 0. The highest BCUT2D eigenvalue weighted by molar-refractivity contribution is 5.96. The fourth-order valence-corrected chi connectivity index (χ4v) is 4.74. The van der Waals surface area contributed by atoms with E-state index < -0.39 is 11.8 Å².